The standard InChI is InChI=1S/C16H24N2O2/c1-19-13-16-6-3-9-20-15(16)5-8-18(12-16)11-14-4-2-7-17-10-14/h2,4,7,10,15H,3,5-6,8-9,11-13H2,1H3/t15-,16+/m0/s1. The molecule has 2 saturated heterocycles. The van der Waals surface area contributed by atoms with Gasteiger partial charge in [-0.25, -0.2) is 0 Å². The first-order valence-corrected chi connectivity index (χ1v) is 7.54. The summed E-state index contributed by atoms with van der Waals surface area (Å²) in [7, 11) is 1.81. The number of piperidine rings is 1. The molecule has 0 radical (unpaired) electrons. The summed E-state index contributed by atoms with van der Waals surface area (Å²) in [5.74, 6) is 0. The molecule has 0 amide bonds. The Morgan fingerprint density at radius 3 is 3.30 bits per heavy atom. The molecule has 1 aromatic heterocycles. The summed E-state index contributed by atoms with van der Waals surface area (Å²) in [6, 6.07) is 4.16. The van der Waals surface area contributed by atoms with Gasteiger partial charge in [0.2, 0.25) is 0 Å². The predicted octanol–water partition coefficient (Wildman–Crippen LogP) is 2.10. The molecule has 1 aromatic rings. The predicted molar refractivity (Wildman–Crippen MR) is 77.4 cm³/mol. The lowest BCUT2D eigenvalue weighted by Crippen LogP contribution is -2.56. The van der Waals surface area contributed by atoms with Crippen LogP contribution in [0.1, 0.15) is 24.8 Å². The number of nitrogens with zero attached hydrogens (tertiary/aromatic N) is 2. The Morgan fingerprint density at radius 1 is 1.55 bits per heavy atom. The molecule has 2 atom stereocenters. The topological polar surface area (TPSA) is 34.6 Å². The second-order valence-corrected chi connectivity index (χ2v) is 6.12. The van der Waals surface area contributed by atoms with E-state index in [0.29, 0.717) is 6.10 Å². The summed E-state index contributed by atoms with van der Waals surface area (Å²) < 4.78 is 11.5. The third-order valence-electron chi connectivity index (χ3n) is 4.63. The lowest BCUT2D eigenvalue weighted by molar-refractivity contribution is -0.149. The summed E-state index contributed by atoms with van der Waals surface area (Å²) in [5, 5.41) is 0. The van der Waals surface area contributed by atoms with Crippen molar-refractivity contribution in [2.45, 2.75) is 31.9 Å². The van der Waals surface area contributed by atoms with Crippen molar-refractivity contribution in [1.29, 1.82) is 0 Å². The van der Waals surface area contributed by atoms with Crippen molar-refractivity contribution in [3.05, 3.63) is 30.1 Å². The van der Waals surface area contributed by atoms with Crippen LogP contribution < -0.4 is 0 Å². The molecule has 0 aromatic carbocycles. The van der Waals surface area contributed by atoms with E-state index in [2.05, 4.69) is 16.0 Å². The number of fused-ring (bicyclic) bond motifs is 1. The zero-order valence-corrected chi connectivity index (χ0v) is 12.3. The normalized spacial score (nSPS) is 30.9. The van der Waals surface area contributed by atoms with Crippen LogP contribution in [0.15, 0.2) is 24.5 Å². The number of methoxy groups -OCH3 is 1. The largest absolute Gasteiger partial charge is 0.384 e. The van der Waals surface area contributed by atoms with Gasteiger partial charge in [-0.05, 0) is 30.9 Å². The zero-order valence-electron chi connectivity index (χ0n) is 12.3. The van der Waals surface area contributed by atoms with Gasteiger partial charge in [0.15, 0.2) is 0 Å². The summed E-state index contributed by atoms with van der Waals surface area (Å²) in [6.45, 7) is 4.87. The van der Waals surface area contributed by atoms with Crippen LogP contribution in [0.3, 0.4) is 0 Å². The lowest BCUT2D eigenvalue weighted by atomic mass is 9.73. The Bertz CT molecular complexity index is 422. The molecule has 2 fully saturated rings. The Balaban J connectivity index is 1.70. The van der Waals surface area contributed by atoms with Crippen molar-refractivity contribution in [3.8, 4) is 0 Å². The number of hydrogen-bond donors (Lipinski definition) is 0. The van der Waals surface area contributed by atoms with Crippen molar-refractivity contribution >= 4 is 0 Å². The molecule has 0 saturated carbocycles. The maximum absolute atomic E-state index is 6.02. The van der Waals surface area contributed by atoms with E-state index in [1.165, 1.54) is 12.0 Å². The number of aromatic nitrogens is 1. The monoisotopic (exact) mass is 276 g/mol. The van der Waals surface area contributed by atoms with E-state index in [1.807, 2.05) is 18.5 Å². The molecule has 3 rings (SSSR count). The van der Waals surface area contributed by atoms with Crippen molar-refractivity contribution < 1.29 is 9.47 Å². The van der Waals surface area contributed by atoms with Crippen molar-refractivity contribution in [2.75, 3.05) is 33.4 Å². The van der Waals surface area contributed by atoms with Gasteiger partial charge in [-0.15, -0.1) is 0 Å². The number of ether oxygens (including phenoxy) is 2. The van der Waals surface area contributed by atoms with Crippen LogP contribution in [0, 0.1) is 5.41 Å². The number of pyridine rings is 1. The first-order valence-electron chi connectivity index (χ1n) is 7.54. The van der Waals surface area contributed by atoms with Crippen LogP contribution in [0.5, 0.6) is 0 Å². The minimum absolute atomic E-state index is 0.188. The quantitative estimate of drug-likeness (QED) is 0.843. The molecule has 20 heavy (non-hydrogen) atoms. The number of rotatable bonds is 4. The highest BCUT2D eigenvalue weighted by molar-refractivity contribution is 5.09. The highest BCUT2D eigenvalue weighted by atomic mass is 16.5. The van der Waals surface area contributed by atoms with Crippen LogP contribution in [0.25, 0.3) is 0 Å². The maximum Gasteiger partial charge on any atom is 0.0677 e. The van der Waals surface area contributed by atoms with Gasteiger partial charge in [-0.3, -0.25) is 9.88 Å². The fourth-order valence-electron chi connectivity index (χ4n) is 3.77. The summed E-state index contributed by atoms with van der Waals surface area (Å²) in [4.78, 5) is 6.74. The van der Waals surface area contributed by atoms with Gasteiger partial charge in [0.1, 0.15) is 0 Å². The number of hydrogen-bond acceptors (Lipinski definition) is 4. The summed E-state index contributed by atoms with van der Waals surface area (Å²) in [5.41, 5.74) is 1.48. The Kier molecular flexibility index (Phi) is 4.34. The zero-order chi connectivity index (χ0) is 13.8. The smallest absolute Gasteiger partial charge is 0.0677 e. The third-order valence-corrected chi connectivity index (χ3v) is 4.63. The Morgan fingerprint density at radius 2 is 2.50 bits per heavy atom. The second kappa shape index (κ2) is 6.20. The lowest BCUT2D eigenvalue weighted by Gasteiger charge is -2.50. The molecular formula is C16H24N2O2. The molecule has 110 valence electrons. The Labute approximate surface area is 121 Å². The minimum atomic E-state index is 0.188. The van der Waals surface area contributed by atoms with E-state index in [9.17, 15) is 0 Å². The van der Waals surface area contributed by atoms with Gasteiger partial charge in [0.25, 0.3) is 0 Å². The van der Waals surface area contributed by atoms with E-state index < -0.39 is 0 Å². The fraction of sp³-hybridized carbons (Fsp3) is 0.688. The van der Waals surface area contributed by atoms with Gasteiger partial charge < -0.3 is 9.47 Å². The van der Waals surface area contributed by atoms with E-state index >= 15 is 0 Å². The second-order valence-electron chi connectivity index (χ2n) is 6.12. The van der Waals surface area contributed by atoms with Crippen molar-refractivity contribution in [1.82, 2.24) is 9.88 Å². The third kappa shape index (κ3) is 2.87. The molecule has 4 nitrogen and oxygen atoms in total. The molecule has 0 N–H and O–H groups in total. The van der Waals surface area contributed by atoms with Gasteiger partial charge in [-0.2, -0.15) is 0 Å². The molecule has 2 aliphatic heterocycles. The van der Waals surface area contributed by atoms with Gasteiger partial charge in [0.05, 0.1) is 12.7 Å². The first kappa shape index (κ1) is 14.0. The average Bonchev–Trinajstić information content (AvgIpc) is 2.48. The van der Waals surface area contributed by atoms with Crippen molar-refractivity contribution in [3.63, 3.8) is 0 Å². The first-order chi connectivity index (χ1) is 9.82. The van der Waals surface area contributed by atoms with E-state index in [1.54, 1.807) is 7.11 Å². The van der Waals surface area contributed by atoms with E-state index in [0.717, 1.165) is 45.7 Å². The van der Waals surface area contributed by atoms with Crippen LogP contribution in [0.2, 0.25) is 0 Å². The van der Waals surface area contributed by atoms with Gasteiger partial charge in [-0.1, -0.05) is 6.07 Å². The highest BCUT2D eigenvalue weighted by Crippen LogP contribution is 2.40. The number of likely N-dealkylation sites (tertiary alicyclic amines) is 1. The van der Waals surface area contributed by atoms with Gasteiger partial charge in [0, 0.05) is 51.2 Å². The summed E-state index contributed by atoms with van der Waals surface area (Å²) >= 11 is 0. The van der Waals surface area contributed by atoms with Crippen LogP contribution >= 0.6 is 0 Å². The summed E-state index contributed by atoms with van der Waals surface area (Å²) in [6.07, 6.45) is 7.66. The molecule has 0 unspecified atom stereocenters. The van der Waals surface area contributed by atoms with Crippen LogP contribution in [0.4, 0.5) is 0 Å². The molecule has 0 bridgehead atoms. The van der Waals surface area contributed by atoms with Crippen LogP contribution in [-0.4, -0.2) is 49.4 Å². The molecule has 0 spiro atoms. The highest BCUT2D eigenvalue weighted by Gasteiger charge is 2.45. The van der Waals surface area contributed by atoms with E-state index in [4.69, 9.17) is 9.47 Å². The van der Waals surface area contributed by atoms with E-state index in [-0.39, 0.29) is 5.41 Å². The maximum atomic E-state index is 6.02. The molecular weight excluding hydrogens is 252 g/mol. The molecule has 3 heterocycles. The van der Waals surface area contributed by atoms with Gasteiger partial charge >= 0.3 is 0 Å². The molecule has 0 aliphatic carbocycles. The SMILES string of the molecule is COC[C@]12CCCO[C@H]1CCN(Cc1cccnc1)C2. The average molecular weight is 276 g/mol. The molecule has 4 heteroatoms. The van der Waals surface area contributed by atoms with Crippen molar-refractivity contribution in [2.24, 2.45) is 5.41 Å². The fourth-order valence-corrected chi connectivity index (χ4v) is 3.77. The van der Waals surface area contributed by atoms with Crippen LogP contribution in [-0.2, 0) is 16.0 Å². The molecule has 2 aliphatic rings. The minimum Gasteiger partial charge on any atom is -0.384 e. The Hall–Kier alpha value is -0.970.